The molecular formula is C19H21NO3. The SMILES string of the molecule is COCOc1ccc(C=CC(=O)NCCc2ccccc2)cc1. The van der Waals surface area contributed by atoms with Crippen LogP contribution >= 0.6 is 0 Å². The molecule has 1 N–H and O–H groups in total. The Balaban J connectivity index is 1.74. The Morgan fingerprint density at radius 1 is 1.09 bits per heavy atom. The highest BCUT2D eigenvalue weighted by atomic mass is 16.7. The van der Waals surface area contributed by atoms with Crippen molar-refractivity contribution in [2.75, 3.05) is 20.4 Å². The van der Waals surface area contributed by atoms with E-state index in [1.165, 1.54) is 11.6 Å². The van der Waals surface area contributed by atoms with Crippen LogP contribution in [0.3, 0.4) is 0 Å². The molecule has 0 atom stereocenters. The Kier molecular flexibility index (Phi) is 6.88. The van der Waals surface area contributed by atoms with Crippen LogP contribution in [0, 0.1) is 0 Å². The van der Waals surface area contributed by atoms with Crippen LogP contribution in [0.1, 0.15) is 11.1 Å². The van der Waals surface area contributed by atoms with Crippen molar-refractivity contribution in [2.45, 2.75) is 6.42 Å². The van der Waals surface area contributed by atoms with E-state index in [0.717, 1.165) is 17.7 Å². The van der Waals surface area contributed by atoms with Gasteiger partial charge in [0.05, 0.1) is 0 Å². The van der Waals surface area contributed by atoms with E-state index in [-0.39, 0.29) is 12.7 Å². The highest BCUT2D eigenvalue weighted by molar-refractivity contribution is 5.91. The zero-order valence-electron chi connectivity index (χ0n) is 13.2. The monoisotopic (exact) mass is 311 g/mol. The second-order valence-electron chi connectivity index (χ2n) is 4.98. The number of carbonyl (C=O) groups is 1. The van der Waals surface area contributed by atoms with E-state index in [2.05, 4.69) is 17.4 Å². The van der Waals surface area contributed by atoms with E-state index in [9.17, 15) is 4.79 Å². The molecule has 2 rings (SSSR count). The molecule has 4 nitrogen and oxygen atoms in total. The minimum absolute atomic E-state index is 0.0966. The van der Waals surface area contributed by atoms with E-state index in [1.54, 1.807) is 13.2 Å². The Morgan fingerprint density at radius 2 is 1.83 bits per heavy atom. The Morgan fingerprint density at radius 3 is 2.52 bits per heavy atom. The fourth-order valence-corrected chi connectivity index (χ4v) is 2.01. The molecule has 23 heavy (non-hydrogen) atoms. The van der Waals surface area contributed by atoms with Crippen molar-refractivity contribution in [2.24, 2.45) is 0 Å². The van der Waals surface area contributed by atoms with E-state index in [4.69, 9.17) is 9.47 Å². The lowest BCUT2D eigenvalue weighted by Crippen LogP contribution is -2.23. The summed E-state index contributed by atoms with van der Waals surface area (Å²) in [6.07, 6.45) is 4.14. The highest BCUT2D eigenvalue weighted by Crippen LogP contribution is 2.13. The van der Waals surface area contributed by atoms with E-state index in [1.807, 2.05) is 42.5 Å². The van der Waals surface area contributed by atoms with Gasteiger partial charge >= 0.3 is 0 Å². The predicted octanol–water partition coefficient (Wildman–Crippen LogP) is 3.04. The van der Waals surface area contributed by atoms with Crippen molar-refractivity contribution in [3.05, 3.63) is 71.8 Å². The van der Waals surface area contributed by atoms with Crippen molar-refractivity contribution in [3.63, 3.8) is 0 Å². The van der Waals surface area contributed by atoms with Crippen molar-refractivity contribution in [3.8, 4) is 5.75 Å². The topological polar surface area (TPSA) is 47.6 Å². The first-order valence-corrected chi connectivity index (χ1v) is 7.49. The maximum absolute atomic E-state index is 11.8. The maximum Gasteiger partial charge on any atom is 0.244 e. The Hall–Kier alpha value is -2.59. The summed E-state index contributed by atoms with van der Waals surface area (Å²) in [6.45, 7) is 0.843. The van der Waals surface area contributed by atoms with Crippen molar-refractivity contribution >= 4 is 12.0 Å². The number of hydrogen-bond acceptors (Lipinski definition) is 3. The van der Waals surface area contributed by atoms with Crippen LogP contribution in [0.25, 0.3) is 6.08 Å². The van der Waals surface area contributed by atoms with Gasteiger partial charge in [0.1, 0.15) is 5.75 Å². The summed E-state index contributed by atoms with van der Waals surface area (Å²) in [7, 11) is 1.58. The van der Waals surface area contributed by atoms with Crippen LogP contribution in [-0.2, 0) is 16.0 Å². The lowest BCUT2D eigenvalue weighted by Gasteiger charge is -2.04. The minimum atomic E-state index is -0.0966. The van der Waals surface area contributed by atoms with Crippen LogP contribution in [0.15, 0.2) is 60.7 Å². The molecule has 1 amide bonds. The summed E-state index contributed by atoms with van der Waals surface area (Å²) >= 11 is 0. The fourth-order valence-electron chi connectivity index (χ4n) is 2.01. The van der Waals surface area contributed by atoms with E-state index in [0.29, 0.717) is 6.54 Å². The quantitative estimate of drug-likeness (QED) is 0.602. The molecular weight excluding hydrogens is 290 g/mol. The number of hydrogen-bond donors (Lipinski definition) is 1. The van der Waals surface area contributed by atoms with Gasteiger partial charge in [0, 0.05) is 19.7 Å². The molecule has 2 aromatic carbocycles. The van der Waals surface area contributed by atoms with Crippen molar-refractivity contribution in [1.29, 1.82) is 0 Å². The van der Waals surface area contributed by atoms with Gasteiger partial charge in [-0.25, -0.2) is 0 Å². The molecule has 2 aromatic rings. The first-order valence-electron chi connectivity index (χ1n) is 7.49. The third-order valence-corrected chi connectivity index (χ3v) is 3.21. The molecule has 0 saturated heterocycles. The molecule has 0 radical (unpaired) electrons. The molecule has 0 fully saturated rings. The zero-order valence-corrected chi connectivity index (χ0v) is 13.2. The molecule has 0 spiro atoms. The van der Waals surface area contributed by atoms with Gasteiger partial charge in [-0.2, -0.15) is 0 Å². The minimum Gasteiger partial charge on any atom is -0.468 e. The molecule has 0 saturated carbocycles. The number of amides is 1. The summed E-state index contributed by atoms with van der Waals surface area (Å²) in [5.41, 5.74) is 2.15. The van der Waals surface area contributed by atoms with Crippen LogP contribution in [0.5, 0.6) is 5.75 Å². The van der Waals surface area contributed by atoms with Crippen LogP contribution < -0.4 is 10.1 Å². The van der Waals surface area contributed by atoms with Gasteiger partial charge in [0.15, 0.2) is 6.79 Å². The number of methoxy groups -OCH3 is 1. The second-order valence-corrected chi connectivity index (χ2v) is 4.98. The Bertz CT molecular complexity index is 621. The molecule has 0 aliphatic carbocycles. The van der Waals surface area contributed by atoms with Crippen molar-refractivity contribution in [1.82, 2.24) is 5.32 Å². The molecule has 0 aliphatic rings. The summed E-state index contributed by atoms with van der Waals surface area (Å²) in [5, 5.41) is 2.87. The summed E-state index contributed by atoms with van der Waals surface area (Å²) in [5.74, 6) is 0.636. The highest BCUT2D eigenvalue weighted by Gasteiger charge is 1.97. The maximum atomic E-state index is 11.8. The van der Waals surface area contributed by atoms with Gasteiger partial charge < -0.3 is 14.8 Å². The average molecular weight is 311 g/mol. The van der Waals surface area contributed by atoms with Gasteiger partial charge in [-0.05, 0) is 35.8 Å². The summed E-state index contributed by atoms with van der Waals surface area (Å²) < 4.78 is 10.1. The van der Waals surface area contributed by atoms with Crippen LogP contribution in [0.4, 0.5) is 0 Å². The summed E-state index contributed by atoms with van der Waals surface area (Å²) in [4.78, 5) is 11.8. The fraction of sp³-hybridized carbons (Fsp3) is 0.211. The third-order valence-electron chi connectivity index (χ3n) is 3.21. The third kappa shape index (κ3) is 6.36. The van der Waals surface area contributed by atoms with Crippen LogP contribution in [-0.4, -0.2) is 26.4 Å². The van der Waals surface area contributed by atoms with Gasteiger partial charge in [-0.15, -0.1) is 0 Å². The molecule has 120 valence electrons. The lowest BCUT2D eigenvalue weighted by molar-refractivity contribution is -0.116. The number of carbonyl (C=O) groups excluding carboxylic acids is 1. The number of ether oxygens (including phenoxy) is 2. The van der Waals surface area contributed by atoms with Gasteiger partial charge in [-0.3, -0.25) is 4.79 Å². The molecule has 4 heteroatoms. The van der Waals surface area contributed by atoms with Gasteiger partial charge in [0.2, 0.25) is 5.91 Å². The van der Waals surface area contributed by atoms with Crippen molar-refractivity contribution < 1.29 is 14.3 Å². The first kappa shape index (κ1) is 16.8. The van der Waals surface area contributed by atoms with E-state index < -0.39 is 0 Å². The standard InChI is InChI=1S/C19H21NO3/c1-22-15-23-18-10-7-17(8-11-18)9-12-19(21)20-14-13-16-5-3-2-4-6-16/h2-12H,13-15H2,1H3,(H,20,21). The lowest BCUT2D eigenvalue weighted by atomic mass is 10.1. The summed E-state index contributed by atoms with van der Waals surface area (Å²) in [6, 6.07) is 17.5. The smallest absolute Gasteiger partial charge is 0.244 e. The zero-order chi connectivity index (χ0) is 16.3. The second kappa shape index (κ2) is 9.43. The van der Waals surface area contributed by atoms with Gasteiger partial charge in [0.25, 0.3) is 0 Å². The first-order chi connectivity index (χ1) is 11.3. The van der Waals surface area contributed by atoms with Gasteiger partial charge in [-0.1, -0.05) is 42.5 Å². The molecule has 0 aromatic heterocycles. The van der Waals surface area contributed by atoms with Crippen LogP contribution in [0.2, 0.25) is 0 Å². The number of benzene rings is 2. The Labute approximate surface area is 136 Å². The number of rotatable bonds is 8. The molecule has 0 aliphatic heterocycles. The number of nitrogens with one attached hydrogen (secondary N) is 1. The molecule has 0 heterocycles. The largest absolute Gasteiger partial charge is 0.468 e. The average Bonchev–Trinajstić information content (AvgIpc) is 2.60. The van der Waals surface area contributed by atoms with E-state index >= 15 is 0 Å². The molecule has 0 bridgehead atoms. The predicted molar refractivity (Wildman–Crippen MR) is 91.1 cm³/mol. The molecule has 0 unspecified atom stereocenters. The normalized spacial score (nSPS) is 10.7.